The first-order valence-electron chi connectivity index (χ1n) is 9.82. The summed E-state index contributed by atoms with van der Waals surface area (Å²) in [6.07, 6.45) is -2.27. The minimum Gasteiger partial charge on any atom is -0.497 e. The normalized spacial score (nSPS) is 19.2. The fraction of sp³-hybridized carbons (Fsp3) is 0.409. The number of aliphatic hydroxyl groups excluding tert-OH is 1. The van der Waals surface area contributed by atoms with Crippen LogP contribution in [0.1, 0.15) is 36.8 Å². The standard InChI is InChI=1S/C22H25F3N2O3/c1-30-20-4-2-3-15(13-20)14-27(18-9-11-19(28)12-10-18)21(29)26-17-7-5-16(6-8-17)22(23,24)25/h2-8,13,18-19,28H,9-12,14H2,1H3,(H,26,29). The van der Waals surface area contributed by atoms with Crippen LogP contribution in [0, 0.1) is 0 Å². The van der Waals surface area contributed by atoms with Crippen LogP contribution in [0.25, 0.3) is 0 Å². The Labute approximate surface area is 173 Å². The van der Waals surface area contributed by atoms with Gasteiger partial charge in [-0.3, -0.25) is 0 Å². The molecular formula is C22H25F3N2O3. The molecule has 2 aromatic rings. The van der Waals surface area contributed by atoms with E-state index in [1.54, 1.807) is 12.0 Å². The van der Waals surface area contributed by atoms with Crippen molar-refractivity contribution in [3.8, 4) is 5.75 Å². The fourth-order valence-electron chi connectivity index (χ4n) is 3.64. The molecule has 0 aromatic heterocycles. The van der Waals surface area contributed by atoms with E-state index in [0.29, 0.717) is 43.7 Å². The number of urea groups is 1. The van der Waals surface area contributed by atoms with Crippen LogP contribution < -0.4 is 10.1 Å². The lowest BCUT2D eigenvalue weighted by molar-refractivity contribution is -0.137. The van der Waals surface area contributed by atoms with Gasteiger partial charge in [-0.1, -0.05) is 12.1 Å². The molecule has 2 amide bonds. The number of rotatable bonds is 5. The van der Waals surface area contributed by atoms with Gasteiger partial charge in [-0.2, -0.15) is 13.2 Å². The molecule has 0 saturated heterocycles. The number of halogens is 3. The van der Waals surface area contributed by atoms with Crippen LogP contribution in [-0.2, 0) is 12.7 Å². The van der Waals surface area contributed by atoms with Crippen LogP contribution >= 0.6 is 0 Å². The first-order valence-corrected chi connectivity index (χ1v) is 9.82. The number of nitrogens with one attached hydrogen (secondary N) is 1. The second-order valence-corrected chi connectivity index (χ2v) is 7.45. The highest BCUT2D eigenvalue weighted by Gasteiger charge is 2.31. The molecule has 162 valence electrons. The summed E-state index contributed by atoms with van der Waals surface area (Å²) < 4.78 is 43.5. The fourth-order valence-corrected chi connectivity index (χ4v) is 3.64. The van der Waals surface area contributed by atoms with Crippen LogP contribution in [0.4, 0.5) is 23.7 Å². The first-order chi connectivity index (χ1) is 14.3. The van der Waals surface area contributed by atoms with Gasteiger partial charge < -0.3 is 20.1 Å². The molecule has 1 aliphatic carbocycles. The maximum atomic E-state index is 13.0. The smallest absolute Gasteiger partial charge is 0.416 e. The Morgan fingerprint density at radius 3 is 2.40 bits per heavy atom. The number of benzene rings is 2. The quantitative estimate of drug-likeness (QED) is 0.709. The summed E-state index contributed by atoms with van der Waals surface area (Å²) in [7, 11) is 1.57. The average Bonchev–Trinajstić information content (AvgIpc) is 2.72. The number of alkyl halides is 3. The molecule has 0 atom stereocenters. The second kappa shape index (κ2) is 9.38. The summed E-state index contributed by atoms with van der Waals surface area (Å²) in [4.78, 5) is 14.7. The maximum Gasteiger partial charge on any atom is 0.416 e. The molecule has 30 heavy (non-hydrogen) atoms. The molecule has 0 spiro atoms. The summed E-state index contributed by atoms with van der Waals surface area (Å²) in [6.45, 7) is 0.324. The number of methoxy groups -OCH3 is 1. The Balaban J connectivity index is 1.77. The number of aliphatic hydroxyl groups is 1. The van der Waals surface area contributed by atoms with Crippen molar-refractivity contribution in [2.75, 3.05) is 12.4 Å². The van der Waals surface area contributed by atoms with E-state index >= 15 is 0 Å². The van der Waals surface area contributed by atoms with Gasteiger partial charge >= 0.3 is 12.2 Å². The highest BCUT2D eigenvalue weighted by Crippen LogP contribution is 2.30. The molecule has 1 fully saturated rings. The van der Waals surface area contributed by atoms with Gasteiger partial charge in [0, 0.05) is 18.3 Å². The third-order valence-electron chi connectivity index (χ3n) is 5.32. The molecule has 0 aliphatic heterocycles. The number of carbonyl (C=O) groups is 1. The van der Waals surface area contributed by atoms with Crippen molar-refractivity contribution in [2.45, 2.75) is 50.6 Å². The minimum atomic E-state index is -4.43. The summed E-state index contributed by atoms with van der Waals surface area (Å²) in [5, 5.41) is 12.5. The number of carbonyl (C=O) groups excluding carboxylic acids is 1. The van der Waals surface area contributed by atoms with E-state index in [0.717, 1.165) is 17.7 Å². The SMILES string of the molecule is COc1cccc(CN(C(=O)Nc2ccc(C(F)(F)F)cc2)C2CCC(O)CC2)c1. The van der Waals surface area contributed by atoms with Gasteiger partial charge in [-0.05, 0) is 67.6 Å². The number of anilines is 1. The monoisotopic (exact) mass is 422 g/mol. The number of hydrogen-bond donors (Lipinski definition) is 2. The van der Waals surface area contributed by atoms with E-state index in [9.17, 15) is 23.1 Å². The van der Waals surface area contributed by atoms with Gasteiger partial charge in [-0.15, -0.1) is 0 Å². The van der Waals surface area contributed by atoms with Gasteiger partial charge in [0.15, 0.2) is 0 Å². The van der Waals surface area contributed by atoms with E-state index in [-0.39, 0.29) is 18.2 Å². The topological polar surface area (TPSA) is 61.8 Å². The number of hydrogen-bond acceptors (Lipinski definition) is 3. The highest BCUT2D eigenvalue weighted by atomic mass is 19.4. The predicted octanol–water partition coefficient (Wildman–Crippen LogP) is 5.05. The average molecular weight is 422 g/mol. The van der Waals surface area contributed by atoms with Crippen LogP contribution in [-0.4, -0.2) is 35.3 Å². The Kier molecular flexibility index (Phi) is 6.87. The van der Waals surface area contributed by atoms with Crippen molar-refractivity contribution >= 4 is 11.7 Å². The van der Waals surface area contributed by atoms with Gasteiger partial charge in [0.25, 0.3) is 0 Å². The first kappa shape index (κ1) is 22.0. The summed E-state index contributed by atoms with van der Waals surface area (Å²) in [5.41, 5.74) is 0.400. The lowest BCUT2D eigenvalue weighted by atomic mass is 9.92. The molecule has 0 radical (unpaired) electrons. The van der Waals surface area contributed by atoms with Crippen molar-refractivity contribution < 1.29 is 27.8 Å². The molecule has 8 heteroatoms. The zero-order valence-electron chi connectivity index (χ0n) is 16.7. The van der Waals surface area contributed by atoms with Gasteiger partial charge in [0.1, 0.15) is 5.75 Å². The van der Waals surface area contributed by atoms with E-state index in [2.05, 4.69) is 5.32 Å². The molecular weight excluding hydrogens is 397 g/mol. The third-order valence-corrected chi connectivity index (χ3v) is 5.32. The highest BCUT2D eigenvalue weighted by molar-refractivity contribution is 5.89. The van der Waals surface area contributed by atoms with Gasteiger partial charge in [-0.25, -0.2) is 4.79 Å². The Bertz CT molecular complexity index is 847. The summed E-state index contributed by atoms with van der Waals surface area (Å²) in [6, 6.07) is 11.3. The summed E-state index contributed by atoms with van der Waals surface area (Å²) in [5.74, 6) is 0.676. The lowest BCUT2D eigenvalue weighted by Gasteiger charge is -2.36. The molecule has 3 rings (SSSR count). The molecule has 1 saturated carbocycles. The number of nitrogens with zero attached hydrogens (tertiary/aromatic N) is 1. The van der Waals surface area contributed by atoms with Crippen LogP contribution in [0.5, 0.6) is 5.75 Å². The van der Waals surface area contributed by atoms with E-state index in [1.807, 2.05) is 24.3 Å². The molecule has 2 aromatic carbocycles. The maximum absolute atomic E-state index is 13.0. The van der Waals surface area contributed by atoms with Crippen LogP contribution in [0.15, 0.2) is 48.5 Å². The Hall–Kier alpha value is -2.74. The van der Waals surface area contributed by atoms with Crippen molar-refractivity contribution in [3.05, 3.63) is 59.7 Å². The van der Waals surface area contributed by atoms with Crippen molar-refractivity contribution in [2.24, 2.45) is 0 Å². The van der Waals surface area contributed by atoms with E-state index in [1.165, 1.54) is 12.1 Å². The predicted molar refractivity (Wildman–Crippen MR) is 107 cm³/mol. The van der Waals surface area contributed by atoms with Crippen molar-refractivity contribution in [1.82, 2.24) is 4.90 Å². The molecule has 0 heterocycles. The van der Waals surface area contributed by atoms with Crippen molar-refractivity contribution in [1.29, 1.82) is 0 Å². The zero-order valence-corrected chi connectivity index (χ0v) is 16.7. The largest absolute Gasteiger partial charge is 0.497 e. The van der Waals surface area contributed by atoms with Crippen LogP contribution in [0.2, 0.25) is 0 Å². The summed E-state index contributed by atoms with van der Waals surface area (Å²) >= 11 is 0. The second-order valence-electron chi connectivity index (χ2n) is 7.45. The zero-order chi connectivity index (χ0) is 21.7. The molecule has 0 unspecified atom stereocenters. The Morgan fingerprint density at radius 2 is 1.80 bits per heavy atom. The van der Waals surface area contributed by atoms with Crippen molar-refractivity contribution in [3.63, 3.8) is 0 Å². The van der Waals surface area contributed by atoms with Crippen LogP contribution in [0.3, 0.4) is 0 Å². The molecule has 1 aliphatic rings. The lowest BCUT2D eigenvalue weighted by Crippen LogP contribution is -2.44. The Morgan fingerprint density at radius 1 is 1.13 bits per heavy atom. The van der Waals surface area contributed by atoms with Gasteiger partial charge in [0.05, 0.1) is 18.8 Å². The number of ether oxygens (including phenoxy) is 1. The minimum absolute atomic E-state index is 0.0750. The third kappa shape index (κ3) is 5.66. The van der Waals surface area contributed by atoms with E-state index < -0.39 is 11.7 Å². The molecule has 0 bridgehead atoms. The number of amides is 2. The molecule has 5 nitrogen and oxygen atoms in total. The van der Waals surface area contributed by atoms with Gasteiger partial charge in [0.2, 0.25) is 0 Å². The van der Waals surface area contributed by atoms with E-state index in [4.69, 9.17) is 4.74 Å². The molecule has 2 N–H and O–H groups in total.